The third-order valence-electron chi connectivity index (χ3n) is 6.99. The van der Waals surface area contributed by atoms with Gasteiger partial charge in [0.05, 0.1) is 41.2 Å². The summed E-state index contributed by atoms with van der Waals surface area (Å²) in [5, 5.41) is 6.37. The second-order valence-corrected chi connectivity index (χ2v) is 10.4. The Balaban J connectivity index is 1.76. The van der Waals surface area contributed by atoms with Crippen LogP contribution in [0.4, 0.5) is 0 Å². The first kappa shape index (κ1) is 28.7. The molecule has 0 atom stereocenters. The molecule has 0 spiro atoms. The van der Waals surface area contributed by atoms with Gasteiger partial charge in [0, 0.05) is 17.3 Å². The second kappa shape index (κ2) is 12.0. The van der Waals surface area contributed by atoms with Crippen LogP contribution in [0, 0.1) is 13.8 Å². The van der Waals surface area contributed by atoms with Crippen LogP contribution in [-0.4, -0.2) is 46.4 Å². The van der Waals surface area contributed by atoms with Crippen molar-refractivity contribution in [2.45, 2.75) is 19.8 Å². The van der Waals surface area contributed by atoms with Crippen LogP contribution in [0.3, 0.4) is 0 Å². The van der Waals surface area contributed by atoms with E-state index in [0.717, 1.165) is 0 Å². The molecule has 5 rings (SSSR count). The van der Waals surface area contributed by atoms with Crippen LogP contribution >= 0.6 is 15.9 Å². The average Bonchev–Trinajstić information content (AvgIpc) is 3.47. The molecule has 0 amide bonds. The van der Waals surface area contributed by atoms with Crippen molar-refractivity contribution in [1.82, 2.24) is 19.6 Å². The van der Waals surface area contributed by atoms with Gasteiger partial charge in [0.25, 0.3) is 11.1 Å². The van der Waals surface area contributed by atoms with Gasteiger partial charge in [-0.05, 0) is 71.7 Å². The molecule has 2 aromatic heterocycles. The van der Waals surface area contributed by atoms with Crippen LogP contribution in [0.25, 0.3) is 11.4 Å². The number of H-pyrrole nitrogens is 2. The lowest BCUT2D eigenvalue weighted by Crippen LogP contribution is -2.25. The number of aromatic amines is 2. The minimum absolute atomic E-state index is 0.283. The fourth-order valence-corrected chi connectivity index (χ4v) is 5.61. The highest BCUT2D eigenvalue weighted by Gasteiger charge is 2.32. The Hall–Kier alpha value is -4.77. The van der Waals surface area contributed by atoms with Crippen LogP contribution in [-0.2, 0) is 9.53 Å². The van der Waals surface area contributed by atoms with E-state index in [1.54, 1.807) is 26.0 Å². The molecule has 0 unspecified atom stereocenters. The number of para-hydroxylation sites is 2. The maximum absolute atomic E-state index is 14.1. The number of aromatic nitrogens is 4. The fraction of sp³-hybridized carbons (Fsp3) is 0.194. The molecule has 42 heavy (non-hydrogen) atoms. The Labute approximate surface area is 249 Å². The zero-order chi connectivity index (χ0) is 30.0. The molecular formula is C31H29BrN4O6. The number of esters is 1. The van der Waals surface area contributed by atoms with E-state index in [2.05, 4.69) is 26.1 Å². The Morgan fingerprint density at radius 1 is 0.833 bits per heavy atom. The second-order valence-electron chi connectivity index (χ2n) is 9.59. The number of carbonyl (C=O) groups excluding carboxylic acids is 1. The summed E-state index contributed by atoms with van der Waals surface area (Å²) in [6, 6.07) is 21.9. The number of hydrogen-bond donors (Lipinski definition) is 2. The van der Waals surface area contributed by atoms with Crippen molar-refractivity contribution in [2.75, 3.05) is 20.8 Å². The Morgan fingerprint density at radius 2 is 1.33 bits per heavy atom. The first-order chi connectivity index (χ1) is 20.2. The summed E-state index contributed by atoms with van der Waals surface area (Å²) in [6.07, 6.45) is 0. The highest BCUT2D eigenvalue weighted by molar-refractivity contribution is 9.10. The van der Waals surface area contributed by atoms with Crippen LogP contribution in [0.2, 0.25) is 0 Å². The molecule has 3 aromatic carbocycles. The van der Waals surface area contributed by atoms with Gasteiger partial charge in [0.15, 0.2) is 18.1 Å². The third kappa shape index (κ3) is 5.30. The van der Waals surface area contributed by atoms with Gasteiger partial charge in [-0.25, -0.2) is 14.2 Å². The number of carbonyl (C=O) groups is 1. The summed E-state index contributed by atoms with van der Waals surface area (Å²) >= 11 is 3.54. The Bertz CT molecular complexity index is 1760. The number of methoxy groups -OCH3 is 2. The molecule has 11 heteroatoms. The quantitative estimate of drug-likeness (QED) is 0.226. The summed E-state index contributed by atoms with van der Waals surface area (Å²) in [5.74, 6) is -0.765. The van der Waals surface area contributed by atoms with E-state index < -0.39 is 11.9 Å². The van der Waals surface area contributed by atoms with Crippen LogP contribution in [0.15, 0.2) is 86.9 Å². The lowest BCUT2D eigenvalue weighted by molar-refractivity contribution is -0.142. The van der Waals surface area contributed by atoms with E-state index in [1.807, 2.05) is 60.7 Å². The molecule has 2 heterocycles. The fourth-order valence-electron chi connectivity index (χ4n) is 5.03. The molecule has 2 N–H and O–H groups in total. The summed E-state index contributed by atoms with van der Waals surface area (Å²) in [6.45, 7) is 3.29. The SMILES string of the molecule is COC(=O)COc1c(Br)cc(C(c2c(C)[nH]n(-c3ccccc3)c2=O)c2c(C)[nH]n(-c3ccccc3)c2=O)cc1OC. The van der Waals surface area contributed by atoms with Crippen molar-refractivity contribution in [1.29, 1.82) is 0 Å². The van der Waals surface area contributed by atoms with Gasteiger partial charge >= 0.3 is 5.97 Å². The first-order valence-electron chi connectivity index (χ1n) is 13.1. The molecule has 0 bridgehead atoms. The van der Waals surface area contributed by atoms with Gasteiger partial charge < -0.3 is 14.2 Å². The molecule has 0 aliphatic heterocycles. The number of rotatable bonds is 9. The number of benzene rings is 3. The molecule has 0 saturated carbocycles. The van der Waals surface area contributed by atoms with Crippen molar-refractivity contribution in [3.63, 3.8) is 0 Å². The van der Waals surface area contributed by atoms with Gasteiger partial charge in [-0.2, -0.15) is 0 Å². The predicted octanol–water partition coefficient (Wildman–Crippen LogP) is 4.76. The van der Waals surface area contributed by atoms with E-state index in [4.69, 9.17) is 14.2 Å². The number of nitrogens with one attached hydrogen (secondary N) is 2. The van der Waals surface area contributed by atoms with Gasteiger partial charge in [-0.3, -0.25) is 19.8 Å². The molecule has 0 aliphatic rings. The lowest BCUT2D eigenvalue weighted by atomic mass is 9.85. The van der Waals surface area contributed by atoms with E-state index in [-0.39, 0.29) is 23.5 Å². The Morgan fingerprint density at radius 3 is 1.79 bits per heavy atom. The van der Waals surface area contributed by atoms with E-state index >= 15 is 0 Å². The van der Waals surface area contributed by atoms with Gasteiger partial charge in [-0.15, -0.1) is 0 Å². The minimum atomic E-state index is -0.799. The summed E-state index contributed by atoms with van der Waals surface area (Å²) in [4.78, 5) is 39.9. The topological polar surface area (TPSA) is 120 Å². The molecule has 216 valence electrons. The van der Waals surface area contributed by atoms with Crippen molar-refractivity contribution in [3.8, 4) is 22.9 Å². The maximum atomic E-state index is 14.1. The largest absolute Gasteiger partial charge is 0.493 e. The zero-order valence-corrected chi connectivity index (χ0v) is 25.0. The van der Waals surface area contributed by atoms with Crippen molar-refractivity contribution in [2.24, 2.45) is 0 Å². The van der Waals surface area contributed by atoms with Crippen molar-refractivity contribution >= 4 is 21.9 Å². The van der Waals surface area contributed by atoms with Gasteiger partial charge in [-0.1, -0.05) is 36.4 Å². The number of hydrogen-bond acceptors (Lipinski definition) is 6. The Kier molecular flexibility index (Phi) is 8.21. The summed E-state index contributed by atoms with van der Waals surface area (Å²) < 4.78 is 19.4. The minimum Gasteiger partial charge on any atom is -0.493 e. The van der Waals surface area contributed by atoms with Crippen molar-refractivity contribution in [3.05, 3.63) is 126 Å². The van der Waals surface area contributed by atoms with Crippen LogP contribution in [0.1, 0.15) is 34.0 Å². The number of halogens is 1. The molecular weight excluding hydrogens is 604 g/mol. The highest BCUT2D eigenvalue weighted by atomic mass is 79.9. The van der Waals surface area contributed by atoms with Crippen LogP contribution < -0.4 is 20.6 Å². The zero-order valence-electron chi connectivity index (χ0n) is 23.4. The number of ether oxygens (including phenoxy) is 3. The maximum Gasteiger partial charge on any atom is 0.343 e. The molecule has 10 nitrogen and oxygen atoms in total. The van der Waals surface area contributed by atoms with E-state index in [9.17, 15) is 14.4 Å². The highest BCUT2D eigenvalue weighted by Crippen LogP contribution is 2.42. The van der Waals surface area contributed by atoms with Gasteiger partial charge in [0.1, 0.15) is 0 Å². The molecule has 0 aliphatic carbocycles. The standard InChI is InChI=1S/C31H29BrN4O6/c1-18-26(30(38)35(33-18)21-11-7-5-8-12-21)28(27-19(2)34-36(31(27)39)22-13-9-6-10-14-22)20-15-23(32)29(24(16-20)40-3)42-17-25(37)41-4/h5-16,28,33-34H,17H2,1-4H3. The van der Waals surface area contributed by atoms with E-state index in [1.165, 1.54) is 23.6 Å². The molecule has 0 fully saturated rings. The monoisotopic (exact) mass is 632 g/mol. The van der Waals surface area contributed by atoms with Crippen LogP contribution in [0.5, 0.6) is 11.5 Å². The lowest BCUT2D eigenvalue weighted by Gasteiger charge is -2.19. The normalized spacial score (nSPS) is 11.1. The molecule has 0 saturated heterocycles. The summed E-state index contributed by atoms with van der Waals surface area (Å²) in [5.41, 5.74) is 3.32. The molecule has 0 radical (unpaired) electrons. The number of nitrogens with zero attached hydrogens (tertiary/aromatic N) is 2. The summed E-state index contributed by atoms with van der Waals surface area (Å²) in [7, 11) is 2.74. The number of aryl methyl sites for hydroxylation is 2. The van der Waals surface area contributed by atoms with E-state index in [0.29, 0.717) is 49.7 Å². The first-order valence-corrected chi connectivity index (χ1v) is 13.8. The molecule has 5 aromatic rings. The van der Waals surface area contributed by atoms with Crippen molar-refractivity contribution < 1.29 is 19.0 Å². The smallest absolute Gasteiger partial charge is 0.343 e. The average molecular weight is 633 g/mol. The van der Waals surface area contributed by atoms with Gasteiger partial charge in [0.2, 0.25) is 0 Å². The predicted molar refractivity (Wildman–Crippen MR) is 161 cm³/mol. The third-order valence-corrected chi connectivity index (χ3v) is 7.58.